The first kappa shape index (κ1) is 24.6. The molecule has 12 heteroatoms. The van der Waals surface area contributed by atoms with Gasteiger partial charge in [0.2, 0.25) is 11.8 Å². The summed E-state index contributed by atoms with van der Waals surface area (Å²) in [5.74, 6) is 1.20. The number of nitrogens with zero attached hydrogens (tertiary/aromatic N) is 4. The molecule has 1 saturated heterocycles. The summed E-state index contributed by atoms with van der Waals surface area (Å²) >= 11 is 0. The van der Waals surface area contributed by atoms with Crippen molar-refractivity contribution in [2.75, 3.05) is 33.4 Å². The van der Waals surface area contributed by atoms with Gasteiger partial charge in [-0.05, 0) is 38.8 Å². The molecule has 3 atom stereocenters. The molecule has 0 saturated carbocycles. The lowest BCUT2D eigenvalue weighted by Crippen LogP contribution is -2.60. The van der Waals surface area contributed by atoms with Gasteiger partial charge in [0.15, 0.2) is 5.82 Å². The number of methoxy groups -OCH3 is 1. The fourth-order valence-corrected chi connectivity index (χ4v) is 3.91. The molecule has 0 spiro atoms. The third-order valence-electron chi connectivity index (χ3n) is 5.72. The normalized spacial score (nSPS) is 25.3. The van der Waals surface area contributed by atoms with Crippen molar-refractivity contribution in [3.63, 3.8) is 0 Å². The smallest absolute Gasteiger partial charge is 0.410 e. The van der Waals surface area contributed by atoms with Gasteiger partial charge in [-0.3, -0.25) is 9.69 Å². The van der Waals surface area contributed by atoms with E-state index in [1.807, 2.05) is 23.3 Å². The molecule has 4 aliphatic rings. The number of rotatable bonds is 7. The van der Waals surface area contributed by atoms with E-state index in [0.717, 1.165) is 11.4 Å². The van der Waals surface area contributed by atoms with Gasteiger partial charge in [0, 0.05) is 26.1 Å². The Morgan fingerprint density at radius 2 is 2.09 bits per heavy atom. The predicted molar refractivity (Wildman–Crippen MR) is 129 cm³/mol. The summed E-state index contributed by atoms with van der Waals surface area (Å²) < 4.78 is 16.0. The second-order valence-corrected chi connectivity index (χ2v) is 9.56. The second kappa shape index (κ2) is 9.98. The van der Waals surface area contributed by atoms with E-state index in [0.29, 0.717) is 38.6 Å². The molecule has 1 fully saturated rings. The number of hydrogen-bond donors (Lipinski definition) is 3. The number of carbonyl (C=O) groups excluding carboxylic acids is 2. The van der Waals surface area contributed by atoms with Crippen molar-refractivity contribution in [1.82, 2.24) is 20.4 Å². The van der Waals surface area contributed by atoms with Crippen molar-refractivity contribution >= 4 is 24.1 Å². The fraction of sp³-hybridized carbons (Fsp3) is 0.565. The molecule has 4 N–H and O–H groups in total. The van der Waals surface area contributed by atoms with Crippen LogP contribution in [-0.4, -0.2) is 91.1 Å². The van der Waals surface area contributed by atoms with Crippen molar-refractivity contribution in [2.45, 2.75) is 51.0 Å². The van der Waals surface area contributed by atoms with Crippen LogP contribution in [0.15, 0.2) is 45.6 Å². The molecule has 0 radical (unpaired) electrons. The van der Waals surface area contributed by atoms with Crippen LogP contribution in [0.5, 0.6) is 0 Å². The number of amides is 2. The molecule has 35 heavy (non-hydrogen) atoms. The molecular weight excluding hydrogens is 454 g/mol. The van der Waals surface area contributed by atoms with Crippen LogP contribution >= 0.6 is 0 Å². The fourth-order valence-electron chi connectivity index (χ4n) is 3.91. The maximum Gasteiger partial charge on any atom is 0.410 e. The molecule has 4 rings (SSSR count). The average Bonchev–Trinajstić information content (AvgIpc) is 3.14. The predicted octanol–water partition coefficient (Wildman–Crippen LogP) is 0.397. The summed E-state index contributed by atoms with van der Waals surface area (Å²) in [6.45, 7) is 7.17. The number of carbonyl (C=O) groups is 2. The lowest BCUT2D eigenvalue weighted by atomic mass is 10.0. The Bertz CT molecular complexity index is 1010. The van der Waals surface area contributed by atoms with Crippen molar-refractivity contribution in [2.24, 2.45) is 15.7 Å². The minimum Gasteiger partial charge on any atom is -0.474 e. The van der Waals surface area contributed by atoms with E-state index in [-0.39, 0.29) is 17.8 Å². The van der Waals surface area contributed by atoms with Crippen LogP contribution in [-0.2, 0) is 19.0 Å². The number of ether oxygens (including phenoxy) is 3. The van der Waals surface area contributed by atoms with E-state index < -0.39 is 23.9 Å². The molecule has 1 unspecified atom stereocenters. The Kier molecular flexibility index (Phi) is 7.01. The maximum absolute atomic E-state index is 12.8. The van der Waals surface area contributed by atoms with E-state index in [2.05, 4.69) is 20.6 Å². The van der Waals surface area contributed by atoms with Gasteiger partial charge in [0.05, 0.1) is 19.2 Å². The van der Waals surface area contributed by atoms with Crippen LogP contribution in [0, 0.1) is 0 Å². The number of fused-ring (bicyclic) bond motifs is 1. The third-order valence-corrected chi connectivity index (χ3v) is 5.72. The summed E-state index contributed by atoms with van der Waals surface area (Å²) in [7, 11) is 1.60. The van der Waals surface area contributed by atoms with Gasteiger partial charge >= 0.3 is 6.09 Å². The molecule has 2 amide bonds. The van der Waals surface area contributed by atoms with Crippen LogP contribution in [0.3, 0.4) is 0 Å². The molecule has 190 valence electrons. The van der Waals surface area contributed by atoms with Crippen molar-refractivity contribution in [1.29, 1.82) is 0 Å². The van der Waals surface area contributed by atoms with Crippen LogP contribution in [0.2, 0.25) is 0 Å². The Hall–Kier alpha value is -3.54. The van der Waals surface area contributed by atoms with Gasteiger partial charge in [0.1, 0.15) is 30.3 Å². The Balaban J connectivity index is 1.32. The van der Waals surface area contributed by atoms with Crippen molar-refractivity contribution in [3.05, 3.63) is 35.6 Å². The molecule has 0 aliphatic carbocycles. The number of likely N-dealkylation sites (tertiary alicyclic amines) is 1. The zero-order chi connectivity index (χ0) is 25.2. The lowest BCUT2D eigenvalue weighted by Gasteiger charge is -2.40. The first-order valence-electron chi connectivity index (χ1n) is 11.6. The van der Waals surface area contributed by atoms with Gasteiger partial charge in [-0.15, -0.1) is 0 Å². The maximum atomic E-state index is 12.8. The highest BCUT2D eigenvalue weighted by Crippen LogP contribution is 2.23. The highest BCUT2D eigenvalue weighted by Gasteiger charge is 2.41. The zero-order valence-corrected chi connectivity index (χ0v) is 20.5. The third kappa shape index (κ3) is 5.76. The molecule has 0 aromatic carbocycles. The standard InChI is InChI=1S/C23H33N7O5/c1-23(2,3)35-22(32)30-8-7-16(30)20(31)28-17-13-29-12-14(5-6-18(29)27-17)15-11-25-19(24)21(26-15)34-10-9-33-4/h5-6,11-12,15-17,26H,7-10,13,24H2,1-4H3,(H,28,31)/t15-,16?,17+/m1/s1. The van der Waals surface area contributed by atoms with Gasteiger partial charge in [0.25, 0.3) is 0 Å². The number of amidine groups is 1. The molecule has 0 aromatic rings. The summed E-state index contributed by atoms with van der Waals surface area (Å²) in [5, 5.41) is 6.18. The van der Waals surface area contributed by atoms with Crippen molar-refractivity contribution < 1.29 is 23.8 Å². The van der Waals surface area contributed by atoms with E-state index in [1.54, 1.807) is 34.1 Å². The summed E-state index contributed by atoms with van der Waals surface area (Å²) in [5.41, 5.74) is 6.25. The van der Waals surface area contributed by atoms with Crippen LogP contribution < -0.4 is 16.4 Å². The number of nitrogens with one attached hydrogen (secondary N) is 2. The van der Waals surface area contributed by atoms with Gasteiger partial charge in [-0.2, -0.15) is 0 Å². The molecule has 0 aromatic heterocycles. The highest BCUT2D eigenvalue weighted by molar-refractivity contribution is 5.97. The minimum absolute atomic E-state index is 0.232. The molecular formula is C23H33N7O5. The van der Waals surface area contributed by atoms with E-state index >= 15 is 0 Å². The molecule has 4 aliphatic heterocycles. The molecule has 12 nitrogen and oxygen atoms in total. The zero-order valence-electron chi connectivity index (χ0n) is 20.5. The quantitative estimate of drug-likeness (QED) is 0.438. The minimum atomic E-state index is -0.610. The van der Waals surface area contributed by atoms with Gasteiger partial charge in [-0.25, -0.2) is 14.8 Å². The Labute approximate surface area is 204 Å². The van der Waals surface area contributed by atoms with Gasteiger partial charge < -0.3 is 35.5 Å². The largest absolute Gasteiger partial charge is 0.474 e. The van der Waals surface area contributed by atoms with Crippen LogP contribution in [0.1, 0.15) is 27.2 Å². The number of aliphatic imine (C=N–C) groups is 2. The second-order valence-electron chi connectivity index (χ2n) is 9.56. The van der Waals surface area contributed by atoms with Crippen LogP contribution in [0.4, 0.5) is 4.79 Å². The average molecular weight is 488 g/mol. The van der Waals surface area contributed by atoms with Crippen molar-refractivity contribution in [3.8, 4) is 0 Å². The Morgan fingerprint density at radius 3 is 2.77 bits per heavy atom. The Morgan fingerprint density at radius 1 is 1.29 bits per heavy atom. The molecule has 0 bridgehead atoms. The topological polar surface area (TPSA) is 143 Å². The summed E-state index contributed by atoms with van der Waals surface area (Å²) in [6.07, 6.45) is 7.20. The first-order valence-corrected chi connectivity index (χ1v) is 11.6. The monoisotopic (exact) mass is 487 g/mol. The first-order chi connectivity index (χ1) is 16.6. The van der Waals surface area contributed by atoms with Gasteiger partial charge in [-0.1, -0.05) is 6.08 Å². The lowest BCUT2D eigenvalue weighted by molar-refractivity contribution is -0.131. The van der Waals surface area contributed by atoms with E-state index in [4.69, 9.17) is 19.9 Å². The number of nitrogens with two attached hydrogens (primary N) is 1. The summed E-state index contributed by atoms with van der Waals surface area (Å²) in [6, 6.07) is -0.774. The number of hydrogen-bond acceptors (Lipinski definition) is 10. The molecule has 4 heterocycles. The van der Waals surface area contributed by atoms with E-state index in [1.165, 1.54) is 4.90 Å². The highest BCUT2D eigenvalue weighted by atomic mass is 16.6. The summed E-state index contributed by atoms with van der Waals surface area (Å²) in [4.78, 5) is 37.4. The van der Waals surface area contributed by atoms with Crippen LogP contribution in [0.25, 0.3) is 0 Å². The van der Waals surface area contributed by atoms with E-state index in [9.17, 15) is 9.59 Å². The SMILES string of the molecule is COCCOC1=C(N)N=C[C@H](C2=CN3C[C@H](NC(=O)C4CCN4C(=O)OC(C)(C)C)N=C3C=C2)N1.